The van der Waals surface area contributed by atoms with Gasteiger partial charge >= 0.3 is 0 Å². The first kappa shape index (κ1) is 27.1. The second-order valence-electron chi connectivity index (χ2n) is 6.12. The average Bonchev–Trinajstić information content (AvgIpc) is 2.95. The number of carbonyl (C=O) groups is 1. The molecule has 5 nitrogen and oxygen atoms in total. The van der Waals surface area contributed by atoms with Crippen molar-refractivity contribution in [3.05, 3.63) is 16.1 Å². The van der Waals surface area contributed by atoms with Crippen LogP contribution < -0.4 is 5.73 Å². The molecule has 1 aromatic rings. The minimum absolute atomic E-state index is 0. The molecule has 1 aromatic heterocycles. The number of thiazole rings is 1. The third-order valence-electron chi connectivity index (χ3n) is 4.91. The van der Waals surface area contributed by atoms with Crippen molar-refractivity contribution in [2.45, 2.75) is 40.2 Å². The van der Waals surface area contributed by atoms with E-state index in [-0.39, 0.29) is 48.5 Å². The van der Waals surface area contributed by atoms with Crippen molar-refractivity contribution >= 4 is 54.5 Å². The van der Waals surface area contributed by atoms with Gasteiger partial charge in [-0.1, -0.05) is 13.8 Å². The highest BCUT2D eigenvalue weighted by atomic mass is 35.5. The topological polar surface area (TPSA) is 62.5 Å². The molecule has 1 aliphatic rings. The number of hydrogen-bond donors (Lipinski definition) is 1. The molecule has 0 radical (unpaired) electrons. The van der Waals surface area contributed by atoms with Crippen molar-refractivity contribution in [3.8, 4) is 0 Å². The van der Waals surface area contributed by atoms with E-state index in [0.717, 1.165) is 56.3 Å². The molecule has 0 aromatic carbocycles. The zero-order valence-electron chi connectivity index (χ0n) is 15.2. The summed E-state index contributed by atoms with van der Waals surface area (Å²) in [7, 11) is 0. The largest absolute Gasteiger partial charge is 0.340 e. The molecule has 2 N–H and O–H groups in total. The van der Waals surface area contributed by atoms with Gasteiger partial charge in [-0.3, -0.25) is 9.69 Å². The van der Waals surface area contributed by atoms with Gasteiger partial charge in [0, 0.05) is 44.6 Å². The standard InChI is InChI=1S/C16H28N4OS.3ClH/c1-4-16(5-2,12-17)15(21)20-8-6-19(7-9-20)10-14-11-22-13(3)18-14;;;/h11H,4-10,12,17H2,1-3H3;3*1H. The van der Waals surface area contributed by atoms with E-state index in [1.807, 2.05) is 11.8 Å². The van der Waals surface area contributed by atoms with E-state index in [9.17, 15) is 4.79 Å². The third kappa shape index (κ3) is 6.52. The van der Waals surface area contributed by atoms with Crippen LogP contribution in [0.25, 0.3) is 0 Å². The van der Waals surface area contributed by atoms with Gasteiger partial charge in [-0.2, -0.15) is 0 Å². The maximum atomic E-state index is 12.8. The Bertz CT molecular complexity index is 495. The fraction of sp³-hybridized carbons (Fsp3) is 0.750. The van der Waals surface area contributed by atoms with Crippen LogP contribution in [0.1, 0.15) is 37.4 Å². The Morgan fingerprint density at radius 3 is 2.16 bits per heavy atom. The number of piperazine rings is 1. The molecule has 2 heterocycles. The van der Waals surface area contributed by atoms with Crippen LogP contribution in [0.2, 0.25) is 0 Å². The Balaban J connectivity index is 0. The molecule has 1 amide bonds. The molecule has 0 spiro atoms. The number of hydrogen-bond acceptors (Lipinski definition) is 5. The van der Waals surface area contributed by atoms with Crippen LogP contribution in [0.4, 0.5) is 0 Å². The highest BCUT2D eigenvalue weighted by molar-refractivity contribution is 7.09. The first-order valence-electron chi connectivity index (χ1n) is 8.17. The van der Waals surface area contributed by atoms with Gasteiger partial charge in [0.15, 0.2) is 0 Å². The second-order valence-corrected chi connectivity index (χ2v) is 7.18. The zero-order valence-corrected chi connectivity index (χ0v) is 18.5. The van der Waals surface area contributed by atoms with E-state index in [1.165, 1.54) is 0 Å². The van der Waals surface area contributed by atoms with E-state index < -0.39 is 0 Å². The lowest BCUT2D eigenvalue weighted by Crippen LogP contribution is -2.54. The number of halogens is 3. The minimum Gasteiger partial charge on any atom is -0.340 e. The Hall–Kier alpha value is -0.110. The number of carbonyl (C=O) groups excluding carboxylic acids is 1. The van der Waals surface area contributed by atoms with E-state index >= 15 is 0 Å². The molecule has 148 valence electrons. The van der Waals surface area contributed by atoms with Crippen molar-refractivity contribution < 1.29 is 4.79 Å². The van der Waals surface area contributed by atoms with E-state index in [1.54, 1.807) is 11.3 Å². The van der Waals surface area contributed by atoms with Gasteiger partial charge in [0.25, 0.3) is 0 Å². The molecule has 0 atom stereocenters. The predicted molar refractivity (Wildman–Crippen MR) is 113 cm³/mol. The summed E-state index contributed by atoms with van der Waals surface area (Å²) in [5, 5.41) is 3.24. The van der Waals surface area contributed by atoms with Crippen molar-refractivity contribution in [1.29, 1.82) is 0 Å². The Labute approximate surface area is 174 Å². The van der Waals surface area contributed by atoms with Gasteiger partial charge in [0.2, 0.25) is 5.91 Å². The molecule has 1 fully saturated rings. The highest BCUT2D eigenvalue weighted by Crippen LogP contribution is 2.28. The van der Waals surface area contributed by atoms with Gasteiger partial charge in [-0.25, -0.2) is 4.98 Å². The van der Waals surface area contributed by atoms with Crippen LogP contribution in [-0.4, -0.2) is 53.4 Å². The second kappa shape index (κ2) is 12.3. The molecular formula is C16H31Cl3N4OS. The van der Waals surface area contributed by atoms with Crippen molar-refractivity contribution in [3.63, 3.8) is 0 Å². The lowest BCUT2D eigenvalue weighted by molar-refractivity contribution is -0.144. The molecule has 0 saturated carbocycles. The van der Waals surface area contributed by atoms with Crippen LogP contribution in [0.5, 0.6) is 0 Å². The Morgan fingerprint density at radius 1 is 1.20 bits per heavy atom. The molecule has 0 bridgehead atoms. The molecule has 9 heteroatoms. The zero-order chi connectivity index (χ0) is 16.2. The van der Waals surface area contributed by atoms with E-state index in [2.05, 4.69) is 29.1 Å². The fourth-order valence-electron chi connectivity index (χ4n) is 3.08. The van der Waals surface area contributed by atoms with Crippen LogP contribution in [0.15, 0.2) is 5.38 Å². The van der Waals surface area contributed by atoms with E-state index in [0.29, 0.717) is 6.54 Å². The molecule has 1 saturated heterocycles. The maximum Gasteiger partial charge on any atom is 0.230 e. The molecule has 1 aliphatic heterocycles. The summed E-state index contributed by atoms with van der Waals surface area (Å²) in [6.07, 6.45) is 1.63. The van der Waals surface area contributed by atoms with E-state index in [4.69, 9.17) is 5.73 Å². The third-order valence-corrected chi connectivity index (χ3v) is 5.73. The predicted octanol–water partition coefficient (Wildman–Crippen LogP) is 3.13. The highest BCUT2D eigenvalue weighted by Gasteiger charge is 2.37. The van der Waals surface area contributed by atoms with Crippen LogP contribution in [0.3, 0.4) is 0 Å². The normalized spacial score (nSPS) is 15.0. The minimum atomic E-state index is -0.367. The smallest absolute Gasteiger partial charge is 0.230 e. The maximum absolute atomic E-state index is 12.8. The molecular weight excluding hydrogens is 403 g/mol. The van der Waals surface area contributed by atoms with Gasteiger partial charge in [0.05, 0.1) is 16.1 Å². The first-order chi connectivity index (χ1) is 10.5. The number of aryl methyl sites for hydroxylation is 1. The molecule has 0 unspecified atom stereocenters. The van der Waals surface area contributed by atoms with Crippen molar-refractivity contribution in [2.75, 3.05) is 32.7 Å². The van der Waals surface area contributed by atoms with Gasteiger partial charge in [-0.05, 0) is 19.8 Å². The van der Waals surface area contributed by atoms with Crippen molar-refractivity contribution in [2.24, 2.45) is 11.1 Å². The summed E-state index contributed by atoms with van der Waals surface area (Å²) in [5.41, 5.74) is 6.68. The molecule has 2 rings (SSSR count). The SMILES string of the molecule is CCC(CC)(CN)C(=O)N1CCN(Cc2csc(C)n2)CC1.Cl.Cl.Cl. The average molecular weight is 434 g/mol. The molecule has 0 aliphatic carbocycles. The number of rotatable bonds is 6. The van der Waals surface area contributed by atoms with Crippen LogP contribution in [0, 0.1) is 12.3 Å². The summed E-state index contributed by atoms with van der Waals surface area (Å²) >= 11 is 1.69. The number of nitrogens with zero attached hydrogens (tertiary/aromatic N) is 3. The summed E-state index contributed by atoms with van der Waals surface area (Å²) in [5.74, 6) is 0.240. The van der Waals surface area contributed by atoms with Crippen LogP contribution in [-0.2, 0) is 11.3 Å². The Morgan fingerprint density at radius 2 is 1.76 bits per heavy atom. The summed E-state index contributed by atoms with van der Waals surface area (Å²) in [4.78, 5) is 21.7. The molecule has 25 heavy (non-hydrogen) atoms. The van der Waals surface area contributed by atoms with Crippen LogP contribution >= 0.6 is 48.6 Å². The Kier molecular flexibility index (Phi) is 13.3. The summed E-state index contributed by atoms with van der Waals surface area (Å²) < 4.78 is 0. The first-order valence-corrected chi connectivity index (χ1v) is 9.05. The lowest BCUT2D eigenvalue weighted by Gasteiger charge is -2.40. The lowest BCUT2D eigenvalue weighted by atomic mass is 9.81. The van der Waals surface area contributed by atoms with Gasteiger partial charge in [0.1, 0.15) is 0 Å². The summed E-state index contributed by atoms with van der Waals surface area (Å²) in [6, 6.07) is 0. The fourth-order valence-corrected chi connectivity index (χ4v) is 3.69. The monoisotopic (exact) mass is 432 g/mol. The van der Waals surface area contributed by atoms with Gasteiger partial charge < -0.3 is 10.6 Å². The number of nitrogens with two attached hydrogens (primary N) is 1. The van der Waals surface area contributed by atoms with Gasteiger partial charge in [-0.15, -0.1) is 48.6 Å². The summed E-state index contributed by atoms with van der Waals surface area (Å²) in [6.45, 7) is 10.9. The number of aromatic nitrogens is 1. The quantitative estimate of drug-likeness (QED) is 0.748. The van der Waals surface area contributed by atoms with Crippen molar-refractivity contribution in [1.82, 2.24) is 14.8 Å². The number of amides is 1.